The van der Waals surface area contributed by atoms with Crippen LogP contribution in [0.1, 0.15) is 11.1 Å². The van der Waals surface area contributed by atoms with E-state index in [4.69, 9.17) is 14.2 Å². The van der Waals surface area contributed by atoms with Crippen molar-refractivity contribution in [1.29, 1.82) is 0 Å². The first kappa shape index (κ1) is 16.6. The predicted molar refractivity (Wildman–Crippen MR) is 89.2 cm³/mol. The van der Waals surface area contributed by atoms with Crippen molar-refractivity contribution in [2.75, 3.05) is 20.3 Å². The van der Waals surface area contributed by atoms with Crippen LogP contribution in [0, 0.1) is 6.92 Å². The minimum absolute atomic E-state index is 0.171. The van der Waals surface area contributed by atoms with Crippen LogP contribution in [0.15, 0.2) is 41.3 Å². The third-order valence-electron chi connectivity index (χ3n) is 3.74. The number of aryl methyl sites for hydroxylation is 1. The molecule has 1 aliphatic heterocycles. The molecule has 0 spiro atoms. The average Bonchev–Trinajstić information content (AvgIpc) is 2.59. The van der Waals surface area contributed by atoms with E-state index in [1.807, 2.05) is 6.07 Å². The van der Waals surface area contributed by atoms with E-state index in [0.717, 1.165) is 5.56 Å². The van der Waals surface area contributed by atoms with Crippen molar-refractivity contribution in [2.45, 2.75) is 18.4 Å². The van der Waals surface area contributed by atoms with Gasteiger partial charge in [0.1, 0.15) is 19.0 Å². The monoisotopic (exact) mass is 349 g/mol. The van der Waals surface area contributed by atoms with Gasteiger partial charge in [0.2, 0.25) is 10.0 Å². The van der Waals surface area contributed by atoms with Crippen LogP contribution in [-0.4, -0.2) is 28.7 Å². The van der Waals surface area contributed by atoms with Crippen molar-refractivity contribution in [3.05, 3.63) is 47.5 Å². The molecule has 3 rings (SSSR count). The summed E-state index contributed by atoms with van der Waals surface area (Å²) in [5.41, 5.74) is 1.43. The molecule has 0 radical (unpaired) electrons. The van der Waals surface area contributed by atoms with E-state index >= 15 is 0 Å². The smallest absolute Gasteiger partial charge is 0.241 e. The Morgan fingerprint density at radius 2 is 1.83 bits per heavy atom. The molecule has 0 unspecified atom stereocenters. The Balaban J connectivity index is 1.76. The first-order chi connectivity index (χ1) is 11.5. The van der Waals surface area contributed by atoms with Crippen LogP contribution in [0.25, 0.3) is 0 Å². The zero-order valence-corrected chi connectivity index (χ0v) is 14.4. The summed E-state index contributed by atoms with van der Waals surface area (Å²) in [5.74, 6) is 1.94. The first-order valence-corrected chi connectivity index (χ1v) is 9.01. The Labute approximate surface area is 141 Å². The Kier molecular flexibility index (Phi) is 4.64. The van der Waals surface area contributed by atoms with Gasteiger partial charge in [0.25, 0.3) is 0 Å². The third-order valence-corrected chi connectivity index (χ3v) is 5.31. The van der Waals surface area contributed by atoms with Crippen molar-refractivity contribution < 1.29 is 22.6 Å². The van der Waals surface area contributed by atoms with E-state index in [2.05, 4.69) is 4.72 Å². The summed E-state index contributed by atoms with van der Waals surface area (Å²) in [6.07, 6.45) is 0. The molecule has 1 aliphatic rings. The number of hydrogen-bond acceptors (Lipinski definition) is 5. The van der Waals surface area contributed by atoms with E-state index in [1.165, 1.54) is 0 Å². The van der Waals surface area contributed by atoms with Gasteiger partial charge in [-0.05, 0) is 48.4 Å². The molecular weight excluding hydrogens is 330 g/mol. The molecule has 128 valence electrons. The van der Waals surface area contributed by atoms with Gasteiger partial charge in [-0.15, -0.1) is 0 Å². The molecule has 0 saturated heterocycles. The fourth-order valence-electron chi connectivity index (χ4n) is 2.50. The first-order valence-electron chi connectivity index (χ1n) is 7.52. The third kappa shape index (κ3) is 3.47. The zero-order chi connectivity index (χ0) is 17.2. The maximum absolute atomic E-state index is 12.5. The van der Waals surface area contributed by atoms with Crippen LogP contribution in [0.2, 0.25) is 0 Å². The Hall–Kier alpha value is -2.25. The highest BCUT2D eigenvalue weighted by atomic mass is 32.2. The van der Waals surface area contributed by atoms with E-state index in [9.17, 15) is 8.42 Å². The highest BCUT2D eigenvalue weighted by Gasteiger charge is 2.18. The number of fused-ring (bicyclic) bond motifs is 1. The molecule has 0 amide bonds. The topological polar surface area (TPSA) is 73.9 Å². The van der Waals surface area contributed by atoms with Gasteiger partial charge < -0.3 is 14.2 Å². The summed E-state index contributed by atoms with van der Waals surface area (Å²) in [4.78, 5) is 0.237. The molecule has 7 heteroatoms. The molecule has 1 N–H and O–H groups in total. The maximum atomic E-state index is 12.5. The van der Waals surface area contributed by atoms with Crippen LogP contribution in [0.5, 0.6) is 17.2 Å². The molecule has 0 bridgehead atoms. The van der Waals surface area contributed by atoms with Crippen LogP contribution >= 0.6 is 0 Å². The fourth-order valence-corrected chi connectivity index (χ4v) is 3.75. The average molecular weight is 349 g/mol. The Morgan fingerprint density at radius 3 is 2.54 bits per heavy atom. The molecule has 0 aliphatic carbocycles. The Bertz CT molecular complexity index is 848. The van der Waals surface area contributed by atoms with Gasteiger partial charge in [-0.2, -0.15) is 0 Å². The molecular formula is C17H19NO5S. The van der Waals surface area contributed by atoms with Crippen LogP contribution in [0.3, 0.4) is 0 Å². The van der Waals surface area contributed by atoms with Gasteiger partial charge in [-0.3, -0.25) is 0 Å². The SMILES string of the molecule is COc1ccc(S(=O)(=O)NCc2ccc3c(c2)OCCO3)c(C)c1. The number of ether oxygens (including phenoxy) is 3. The van der Waals surface area contributed by atoms with Crippen LogP contribution in [-0.2, 0) is 16.6 Å². The summed E-state index contributed by atoms with van der Waals surface area (Å²) in [6, 6.07) is 10.3. The summed E-state index contributed by atoms with van der Waals surface area (Å²) in [5, 5.41) is 0. The van der Waals surface area contributed by atoms with Gasteiger partial charge in [0.15, 0.2) is 11.5 Å². The second-order valence-electron chi connectivity index (χ2n) is 5.43. The Morgan fingerprint density at radius 1 is 1.08 bits per heavy atom. The number of hydrogen-bond donors (Lipinski definition) is 1. The molecule has 6 nitrogen and oxygen atoms in total. The standard InChI is InChI=1S/C17H19NO5S/c1-12-9-14(21-2)4-6-17(12)24(19,20)18-11-13-3-5-15-16(10-13)23-8-7-22-15/h3-6,9-10,18H,7-8,11H2,1-2H3. The quantitative estimate of drug-likeness (QED) is 0.896. The minimum atomic E-state index is -3.61. The van der Waals surface area contributed by atoms with E-state index in [0.29, 0.717) is 36.0 Å². The van der Waals surface area contributed by atoms with Gasteiger partial charge >= 0.3 is 0 Å². The lowest BCUT2D eigenvalue weighted by Crippen LogP contribution is -2.24. The molecule has 1 heterocycles. The van der Waals surface area contributed by atoms with Gasteiger partial charge in [0, 0.05) is 6.54 Å². The van der Waals surface area contributed by atoms with Crippen molar-refractivity contribution >= 4 is 10.0 Å². The summed E-state index contributed by atoms with van der Waals surface area (Å²) in [6.45, 7) is 2.93. The number of sulfonamides is 1. The molecule has 0 aromatic heterocycles. The van der Waals surface area contributed by atoms with Crippen molar-refractivity contribution in [3.63, 3.8) is 0 Å². The number of benzene rings is 2. The van der Waals surface area contributed by atoms with Crippen LogP contribution in [0.4, 0.5) is 0 Å². The second-order valence-corrected chi connectivity index (χ2v) is 7.17. The number of rotatable bonds is 5. The molecule has 24 heavy (non-hydrogen) atoms. The molecule has 2 aromatic rings. The highest BCUT2D eigenvalue weighted by Crippen LogP contribution is 2.30. The lowest BCUT2D eigenvalue weighted by molar-refractivity contribution is 0.171. The number of nitrogens with one attached hydrogen (secondary N) is 1. The van der Waals surface area contributed by atoms with Crippen molar-refractivity contribution in [3.8, 4) is 17.2 Å². The van der Waals surface area contributed by atoms with Crippen molar-refractivity contribution in [1.82, 2.24) is 4.72 Å². The largest absolute Gasteiger partial charge is 0.497 e. The fraction of sp³-hybridized carbons (Fsp3) is 0.294. The van der Waals surface area contributed by atoms with Crippen molar-refractivity contribution in [2.24, 2.45) is 0 Å². The minimum Gasteiger partial charge on any atom is -0.497 e. The molecule has 0 saturated carbocycles. The van der Waals surface area contributed by atoms with Crippen LogP contribution < -0.4 is 18.9 Å². The second kappa shape index (κ2) is 6.70. The van der Waals surface area contributed by atoms with E-state index in [-0.39, 0.29) is 11.4 Å². The summed E-state index contributed by atoms with van der Waals surface area (Å²) < 4.78 is 43.7. The zero-order valence-electron chi connectivity index (χ0n) is 13.5. The van der Waals surface area contributed by atoms with E-state index in [1.54, 1.807) is 44.4 Å². The normalized spacial score (nSPS) is 13.6. The van der Waals surface area contributed by atoms with Gasteiger partial charge in [-0.25, -0.2) is 13.1 Å². The highest BCUT2D eigenvalue weighted by molar-refractivity contribution is 7.89. The number of methoxy groups -OCH3 is 1. The van der Waals surface area contributed by atoms with Gasteiger partial charge in [-0.1, -0.05) is 6.07 Å². The lowest BCUT2D eigenvalue weighted by Gasteiger charge is -2.19. The summed E-state index contributed by atoms with van der Waals surface area (Å²) >= 11 is 0. The predicted octanol–water partition coefficient (Wildman–Crippen LogP) is 2.25. The molecule has 2 aromatic carbocycles. The lowest BCUT2D eigenvalue weighted by atomic mass is 10.2. The molecule has 0 atom stereocenters. The summed E-state index contributed by atoms with van der Waals surface area (Å²) in [7, 11) is -2.07. The van der Waals surface area contributed by atoms with E-state index < -0.39 is 10.0 Å². The van der Waals surface area contributed by atoms with Gasteiger partial charge in [0.05, 0.1) is 12.0 Å². The maximum Gasteiger partial charge on any atom is 0.241 e. The molecule has 0 fully saturated rings.